The first-order chi connectivity index (χ1) is 8.58. The van der Waals surface area contributed by atoms with E-state index in [1.807, 2.05) is 0 Å². The molecule has 0 amide bonds. The lowest BCUT2D eigenvalue weighted by atomic mass is 9.86. The molecule has 2 saturated heterocycles. The van der Waals surface area contributed by atoms with Crippen molar-refractivity contribution < 1.29 is 9.50 Å². The van der Waals surface area contributed by atoms with Gasteiger partial charge in [-0.3, -0.25) is 4.90 Å². The molecule has 3 rings (SSSR count). The van der Waals surface area contributed by atoms with Crippen molar-refractivity contribution >= 4 is 15.9 Å². The van der Waals surface area contributed by atoms with Crippen molar-refractivity contribution in [2.45, 2.75) is 37.3 Å². The minimum Gasteiger partial charge on any atom is -0.388 e. The molecule has 1 N–H and O–H groups in total. The van der Waals surface area contributed by atoms with E-state index in [0.717, 1.165) is 42.4 Å². The summed E-state index contributed by atoms with van der Waals surface area (Å²) in [5.74, 6) is -0.238. The van der Waals surface area contributed by atoms with Gasteiger partial charge in [-0.1, -0.05) is 15.9 Å². The zero-order valence-corrected chi connectivity index (χ0v) is 11.8. The van der Waals surface area contributed by atoms with Crippen LogP contribution >= 0.6 is 15.9 Å². The Morgan fingerprint density at radius 1 is 1.44 bits per heavy atom. The standard InChI is InChI=1S/C14H17BrFNO/c15-12-4-3-11(16)8-10(12)9-14(18)5-7-17-6-1-2-13(14)17/h3-4,8,13,18H,1-2,5-7,9H2. The van der Waals surface area contributed by atoms with E-state index < -0.39 is 5.60 Å². The molecule has 2 fully saturated rings. The van der Waals surface area contributed by atoms with Gasteiger partial charge in [-0.2, -0.15) is 0 Å². The molecule has 2 nitrogen and oxygen atoms in total. The summed E-state index contributed by atoms with van der Waals surface area (Å²) in [5.41, 5.74) is 0.179. The Balaban J connectivity index is 1.85. The monoisotopic (exact) mass is 313 g/mol. The fourth-order valence-corrected chi connectivity index (χ4v) is 3.81. The molecule has 2 aliphatic rings. The number of hydrogen-bond acceptors (Lipinski definition) is 2. The van der Waals surface area contributed by atoms with E-state index >= 15 is 0 Å². The minimum absolute atomic E-state index is 0.238. The van der Waals surface area contributed by atoms with Gasteiger partial charge >= 0.3 is 0 Å². The quantitative estimate of drug-likeness (QED) is 0.907. The zero-order valence-electron chi connectivity index (χ0n) is 10.2. The lowest BCUT2D eigenvalue weighted by Crippen LogP contribution is -2.43. The predicted molar refractivity (Wildman–Crippen MR) is 72.0 cm³/mol. The fraction of sp³-hybridized carbons (Fsp3) is 0.571. The molecule has 2 unspecified atom stereocenters. The number of aliphatic hydroxyl groups is 1. The Labute approximate surface area is 115 Å². The van der Waals surface area contributed by atoms with E-state index in [1.54, 1.807) is 6.07 Å². The van der Waals surface area contributed by atoms with E-state index in [2.05, 4.69) is 20.8 Å². The van der Waals surface area contributed by atoms with Crippen molar-refractivity contribution in [3.05, 3.63) is 34.1 Å². The largest absolute Gasteiger partial charge is 0.388 e. The third-order valence-corrected chi connectivity index (χ3v) is 5.09. The van der Waals surface area contributed by atoms with E-state index in [1.165, 1.54) is 12.1 Å². The second kappa shape index (κ2) is 4.58. The molecule has 1 aromatic carbocycles. The van der Waals surface area contributed by atoms with Gasteiger partial charge in [0.2, 0.25) is 0 Å². The maximum absolute atomic E-state index is 13.3. The van der Waals surface area contributed by atoms with Crippen LogP contribution in [0, 0.1) is 5.82 Å². The molecule has 2 heterocycles. The van der Waals surface area contributed by atoms with Gasteiger partial charge in [0.05, 0.1) is 5.60 Å². The van der Waals surface area contributed by atoms with Crippen LogP contribution in [0.2, 0.25) is 0 Å². The summed E-state index contributed by atoms with van der Waals surface area (Å²) in [6, 6.07) is 4.94. The molecule has 18 heavy (non-hydrogen) atoms. The number of fused-ring (bicyclic) bond motifs is 1. The van der Waals surface area contributed by atoms with Crippen LogP contribution in [-0.4, -0.2) is 34.7 Å². The van der Waals surface area contributed by atoms with Crippen molar-refractivity contribution in [2.75, 3.05) is 13.1 Å². The van der Waals surface area contributed by atoms with Crippen molar-refractivity contribution in [3.8, 4) is 0 Å². The Bertz CT molecular complexity index is 467. The average Bonchev–Trinajstić information content (AvgIpc) is 2.89. The highest BCUT2D eigenvalue weighted by atomic mass is 79.9. The third-order valence-electron chi connectivity index (χ3n) is 4.32. The van der Waals surface area contributed by atoms with Crippen LogP contribution in [0.4, 0.5) is 4.39 Å². The molecule has 0 aliphatic carbocycles. The van der Waals surface area contributed by atoms with Crippen molar-refractivity contribution in [3.63, 3.8) is 0 Å². The second-order valence-corrected chi connectivity index (χ2v) is 6.31. The van der Waals surface area contributed by atoms with Gasteiger partial charge in [-0.25, -0.2) is 4.39 Å². The topological polar surface area (TPSA) is 23.5 Å². The highest BCUT2D eigenvalue weighted by Gasteiger charge is 2.47. The summed E-state index contributed by atoms with van der Waals surface area (Å²) in [6.07, 6.45) is 3.55. The van der Waals surface area contributed by atoms with Crippen LogP contribution in [0.25, 0.3) is 0 Å². The minimum atomic E-state index is -0.688. The Kier molecular flexibility index (Phi) is 3.20. The summed E-state index contributed by atoms with van der Waals surface area (Å²) < 4.78 is 14.2. The zero-order chi connectivity index (χ0) is 12.8. The smallest absolute Gasteiger partial charge is 0.123 e. The second-order valence-electron chi connectivity index (χ2n) is 5.46. The van der Waals surface area contributed by atoms with E-state index in [9.17, 15) is 9.50 Å². The molecule has 98 valence electrons. The first-order valence-corrected chi connectivity index (χ1v) is 7.28. The van der Waals surface area contributed by atoms with Crippen molar-refractivity contribution in [1.29, 1.82) is 0 Å². The maximum atomic E-state index is 13.3. The van der Waals surface area contributed by atoms with Crippen LogP contribution in [0.5, 0.6) is 0 Å². The summed E-state index contributed by atoms with van der Waals surface area (Å²) >= 11 is 3.44. The third kappa shape index (κ3) is 2.10. The van der Waals surface area contributed by atoms with Gasteiger partial charge in [0.1, 0.15) is 5.82 Å². The Morgan fingerprint density at radius 3 is 3.11 bits per heavy atom. The van der Waals surface area contributed by atoms with E-state index in [-0.39, 0.29) is 11.9 Å². The van der Waals surface area contributed by atoms with Gasteiger partial charge in [0.25, 0.3) is 0 Å². The molecule has 0 spiro atoms. The summed E-state index contributed by atoms with van der Waals surface area (Å²) in [5, 5.41) is 10.8. The summed E-state index contributed by atoms with van der Waals surface area (Å²) in [6.45, 7) is 2.06. The highest BCUT2D eigenvalue weighted by Crippen LogP contribution is 2.39. The van der Waals surface area contributed by atoms with E-state index in [0.29, 0.717) is 6.42 Å². The van der Waals surface area contributed by atoms with Crippen LogP contribution in [0.3, 0.4) is 0 Å². The van der Waals surface area contributed by atoms with Crippen molar-refractivity contribution in [2.24, 2.45) is 0 Å². The molecular formula is C14H17BrFNO. The van der Waals surface area contributed by atoms with Gasteiger partial charge in [-0.05, 0) is 49.6 Å². The van der Waals surface area contributed by atoms with Gasteiger partial charge in [0, 0.05) is 23.5 Å². The lowest BCUT2D eigenvalue weighted by molar-refractivity contribution is 0.0139. The highest BCUT2D eigenvalue weighted by molar-refractivity contribution is 9.10. The SMILES string of the molecule is OC1(Cc2cc(F)ccc2Br)CCN2CCCC21. The van der Waals surface area contributed by atoms with Crippen LogP contribution in [0.15, 0.2) is 22.7 Å². The first-order valence-electron chi connectivity index (χ1n) is 6.49. The molecule has 0 saturated carbocycles. The maximum Gasteiger partial charge on any atom is 0.123 e. The summed E-state index contributed by atoms with van der Waals surface area (Å²) in [7, 11) is 0. The van der Waals surface area contributed by atoms with E-state index in [4.69, 9.17) is 0 Å². The van der Waals surface area contributed by atoms with Crippen molar-refractivity contribution in [1.82, 2.24) is 4.90 Å². The number of rotatable bonds is 2. The first kappa shape index (κ1) is 12.6. The summed E-state index contributed by atoms with van der Waals surface area (Å²) in [4.78, 5) is 2.37. The number of halogens is 2. The van der Waals surface area contributed by atoms with Crippen LogP contribution in [0.1, 0.15) is 24.8 Å². The molecule has 0 bridgehead atoms. The Morgan fingerprint density at radius 2 is 2.28 bits per heavy atom. The Hall–Kier alpha value is -0.450. The van der Waals surface area contributed by atoms with Gasteiger partial charge in [0.15, 0.2) is 0 Å². The molecule has 2 atom stereocenters. The van der Waals surface area contributed by atoms with Gasteiger partial charge < -0.3 is 5.11 Å². The lowest BCUT2D eigenvalue weighted by Gasteiger charge is -2.30. The fourth-order valence-electron chi connectivity index (χ4n) is 3.42. The number of benzene rings is 1. The van der Waals surface area contributed by atoms with Gasteiger partial charge in [-0.15, -0.1) is 0 Å². The molecule has 0 aromatic heterocycles. The predicted octanol–water partition coefficient (Wildman–Crippen LogP) is 2.73. The van der Waals surface area contributed by atoms with Crippen LogP contribution in [-0.2, 0) is 6.42 Å². The molecular weight excluding hydrogens is 297 g/mol. The molecule has 2 aliphatic heterocycles. The number of nitrogens with zero attached hydrogens (tertiary/aromatic N) is 1. The number of hydrogen-bond donors (Lipinski definition) is 1. The average molecular weight is 314 g/mol. The normalized spacial score (nSPS) is 31.8. The van der Waals surface area contributed by atoms with Crippen LogP contribution < -0.4 is 0 Å². The molecule has 1 aromatic rings. The molecule has 0 radical (unpaired) electrons. The molecule has 4 heteroatoms.